The molecule has 2 heterocycles. The van der Waals surface area contributed by atoms with Crippen molar-refractivity contribution in [1.82, 2.24) is 14.9 Å². The number of H-pyrrole nitrogens is 1. The number of nitrogens with zero attached hydrogens (tertiary/aromatic N) is 2. The molecular formula is C13H13FN4O5S. The summed E-state index contributed by atoms with van der Waals surface area (Å²) in [5.74, 6) is -2.51. The van der Waals surface area contributed by atoms with E-state index in [2.05, 4.69) is 10.2 Å². The monoisotopic (exact) mass is 356 g/mol. The number of amides is 1. The lowest BCUT2D eigenvalue weighted by Crippen LogP contribution is -2.30. The lowest BCUT2D eigenvalue weighted by atomic mass is 10.1. The Hall–Kier alpha value is -2.66. The predicted molar refractivity (Wildman–Crippen MR) is 80.7 cm³/mol. The highest BCUT2D eigenvalue weighted by atomic mass is 32.2. The van der Waals surface area contributed by atoms with Gasteiger partial charge in [0.1, 0.15) is 18.0 Å². The van der Waals surface area contributed by atoms with E-state index in [1.807, 2.05) is 0 Å². The van der Waals surface area contributed by atoms with Crippen LogP contribution in [0.3, 0.4) is 0 Å². The standard InChI is InChI=1S/C13H13FN4O5S/c1-6(19)8-4-9(16-15-8)7-2-3-10(20)13(12(7)14)18-5-11(21)17-24(18,22)23/h2-4,6,19-20H,5H2,1H3,(H,15,16)(H,17,21). The van der Waals surface area contributed by atoms with E-state index >= 15 is 0 Å². The third kappa shape index (κ3) is 2.57. The summed E-state index contributed by atoms with van der Waals surface area (Å²) in [6.45, 7) is 0.838. The van der Waals surface area contributed by atoms with Gasteiger partial charge in [-0.2, -0.15) is 13.5 Å². The van der Waals surface area contributed by atoms with Crippen molar-refractivity contribution in [3.63, 3.8) is 0 Å². The van der Waals surface area contributed by atoms with Crippen LogP contribution in [0.4, 0.5) is 10.1 Å². The van der Waals surface area contributed by atoms with Crippen LogP contribution in [0.25, 0.3) is 11.3 Å². The molecule has 1 aliphatic rings. The maximum atomic E-state index is 14.8. The molecular weight excluding hydrogens is 343 g/mol. The topological polar surface area (TPSA) is 136 Å². The molecule has 2 aromatic rings. The second-order valence-corrected chi connectivity index (χ2v) is 6.81. The van der Waals surface area contributed by atoms with Crippen LogP contribution in [-0.2, 0) is 15.0 Å². The molecule has 0 radical (unpaired) electrons. The van der Waals surface area contributed by atoms with Gasteiger partial charge in [0, 0.05) is 5.56 Å². The van der Waals surface area contributed by atoms with Gasteiger partial charge in [-0.15, -0.1) is 0 Å². The average Bonchev–Trinajstić information content (AvgIpc) is 3.04. The zero-order valence-corrected chi connectivity index (χ0v) is 13.1. The summed E-state index contributed by atoms with van der Waals surface area (Å²) in [4.78, 5) is 11.3. The Kier molecular flexibility index (Phi) is 3.68. The molecule has 1 unspecified atom stereocenters. The van der Waals surface area contributed by atoms with Crippen molar-refractivity contribution in [2.75, 3.05) is 10.8 Å². The zero-order valence-electron chi connectivity index (χ0n) is 12.3. The fourth-order valence-electron chi connectivity index (χ4n) is 2.33. The van der Waals surface area contributed by atoms with Crippen molar-refractivity contribution in [3.05, 3.63) is 29.7 Å². The molecule has 0 bridgehead atoms. The molecule has 1 aromatic heterocycles. The third-order valence-corrected chi connectivity index (χ3v) is 4.86. The molecule has 0 aliphatic carbocycles. The number of aliphatic hydroxyl groups excluding tert-OH is 1. The largest absolute Gasteiger partial charge is 0.506 e. The van der Waals surface area contributed by atoms with Gasteiger partial charge in [0.15, 0.2) is 5.82 Å². The van der Waals surface area contributed by atoms with E-state index < -0.39 is 46.0 Å². The molecule has 11 heteroatoms. The summed E-state index contributed by atoms with van der Waals surface area (Å²) in [5.41, 5.74) is -0.263. The van der Waals surface area contributed by atoms with Crippen molar-refractivity contribution in [1.29, 1.82) is 0 Å². The van der Waals surface area contributed by atoms with Crippen molar-refractivity contribution in [2.45, 2.75) is 13.0 Å². The Morgan fingerprint density at radius 3 is 2.67 bits per heavy atom. The molecule has 0 saturated carbocycles. The van der Waals surface area contributed by atoms with Gasteiger partial charge >= 0.3 is 10.2 Å². The summed E-state index contributed by atoms with van der Waals surface area (Å²) >= 11 is 0. The summed E-state index contributed by atoms with van der Waals surface area (Å²) in [5, 5.41) is 25.7. The van der Waals surface area contributed by atoms with Crippen LogP contribution in [-0.4, -0.2) is 41.3 Å². The molecule has 1 amide bonds. The number of phenolic OH excluding ortho intramolecular Hbond substituents is 1. The summed E-state index contributed by atoms with van der Waals surface area (Å²) in [6, 6.07) is 3.73. The van der Waals surface area contributed by atoms with Crippen LogP contribution in [0.2, 0.25) is 0 Å². The van der Waals surface area contributed by atoms with Gasteiger partial charge in [-0.1, -0.05) is 0 Å². The van der Waals surface area contributed by atoms with Crippen molar-refractivity contribution < 1.29 is 27.8 Å². The average molecular weight is 356 g/mol. The number of hydrogen-bond acceptors (Lipinski definition) is 6. The first-order chi connectivity index (χ1) is 11.2. The number of hydrogen-bond donors (Lipinski definition) is 4. The van der Waals surface area contributed by atoms with Gasteiger partial charge in [-0.05, 0) is 25.1 Å². The molecule has 9 nitrogen and oxygen atoms in total. The van der Waals surface area contributed by atoms with Crippen LogP contribution >= 0.6 is 0 Å². The number of aromatic hydroxyl groups is 1. The van der Waals surface area contributed by atoms with Gasteiger partial charge in [0.2, 0.25) is 0 Å². The molecule has 24 heavy (non-hydrogen) atoms. The number of carbonyl (C=O) groups is 1. The van der Waals surface area contributed by atoms with Crippen molar-refractivity contribution in [3.8, 4) is 17.0 Å². The fraction of sp³-hybridized carbons (Fsp3) is 0.231. The number of phenols is 1. The maximum Gasteiger partial charge on any atom is 0.326 e. The van der Waals surface area contributed by atoms with E-state index in [0.717, 1.165) is 6.07 Å². The smallest absolute Gasteiger partial charge is 0.326 e. The lowest BCUT2D eigenvalue weighted by molar-refractivity contribution is -0.117. The van der Waals surface area contributed by atoms with E-state index in [1.165, 1.54) is 19.1 Å². The second-order valence-electron chi connectivity index (χ2n) is 5.21. The second kappa shape index (κ2) is 5.46. The lowest BCUT2D eigenvalue weighted by Gasteiger charge is -2.18. The van der Waals surface area contributed by atoms with Crippen molar-refractivity contribution >= 4 is 21.8 Å². The summed E-state index contributed by atoms with van der Waals surface area (Å²) in [7, 11) is -4.27. The molecule has 4 N–H and O–H groups in total. The minimum absolute atomic E-state index is 0.0725. The van der Waals surface area contributed by atoms with Gasteiger partial charge in [-0.3, -0.25) is 9.89 Å². The molecule has 0 spiro atoms. The highest BCUT2D eigenvalue weighted by molar-refractivity contribution is 7.92. The molecule has 1 atom stereocenters. The van der Waals surface area contributed by atoms with Gasteiger partial charge in [0.25, 0.3) is 5.91 Å². The van der Waals surface area contributed by atoms with E-state index in [1.54, 1.807) is 4.72 Å². The van der Waals surface area contributed by atoms with Gasteiger partial charge < -0.3 is 10.2 Å². The van der Waals surface area contributed by atoms with Gasteiger partial charge in [0.05, 0.1) is 17.5 Å². The first-order valence-electron chi connectivity index (χ1n) is 6.79. The molecule has 1 aromatic carbocycles. The number of anilines is 1. The Morgan fingerprint density at radius 2 is 2.12 bits per heavy atom. The Bertz CT molecular complexity index is 924. The number of rotatable bonds is 3. The van der Waals surface area contributed by atoms with E-state index in [0.29, 0.717) is 4.31 Å². The third-order valence-electron chi connectivity index (χ3n) is 3.48. The number of nitrogens with one attached hydrogen (secondary N) is 2. The number of aliphatic hydroxyl groups is 1. The predicted octanol–water partition coefficient (Wildman–Crippen LogP) is 0.156. The number of aromatic amines is 1. The van der Waals surface area contributed by atoms with Crippen molar-refractivity contribution in [2.24, 2.45) is 0 Å². The van der Waals surface area contributed by atoms with E-state index in [-0.39, 0.29) is 17.0 Å². The van der Waals surface area contributed by atoms with E-state index in [4.69, 9.17) is 0 Å². The van der Waals surface area contributed by atoms with Crippen LogP contribution in [0.5, 0.6) is 5.75 Å². The number of aromatic nitrogens is 2. The van der Waals surface area contributed by atoms with Crippen LogP contribution < -0.4 is 9.03 Å². The fourth-order valence-corrected chi connectivity index (χ4v) is 3.50. The highest BCUT2D eigenvalue weighted by Crippen LogP contribution is 2.38. The maximum absolute atomic E-state index is 14.8. The molecule has 1 fully saturated rings. The van der Waals surface area contributed by atoms with Gasteiger partial charge in [-0.25, -0.2) is 13.4 Å². The quantitative estimate of drug-likeness (QED) is 0.618. The summed E-state index contributed by atoms with van der Waals surface area (Å²) < 4.78 is 40.8. The van der Waals surface area contributed by atoms with E-state index in [9.17, 15) is 27.8 Å². The first kappa shape index (κ1) is 16.2. The Balaban J connectivity index is 2.13. The number of benzene rings is 1. The minimum Gasteiger partial charge on any atom is -0.506 e. The normalized spacial score (nSPS) is 17.8. The molecule has 3 rings (SSSR count). The molecule has 128 valence electrons. The SMILES string of the molecule is CC(O)c1cc(-c2ccc(O)c(N3CC(=O)NS3(=O)=O)c2F)[nH]n1. The summed E-state index contributed by atoms with van der Waals surface area (Å²) in [6.07, 6.45) is -0.879. The minimum atomic E-state index is -4.27. The number of halogens is 1. The number of carbonyl (C=O) groups excluding carboxylic acids is 1. The van der Waals surface area contributed by atoms with Crippen LogP contribution in [0.1, 0.15) is 18.7 Å². The Morgan fingerprint density at radius 1 is 1.42 bits per heavy atom. The molecule has 1 saturated heterocycles. The molecule has 1 aliphatic heterocycles. The first-order valence-corrected chi connectivity index (χ1v) is 8.23. The Labute approximate surface area is 135 Å². The van der Waals surface area contributed by atoms with Crippen LogP contribution in [0.15, 0.2) is 18.2 Å². The van der Waals surface area contributed by atoms with Crippen LogP contribution in [0, 0.1) is 5.82 Å². The highest BCUT2D eigenvalue weighted by Gasteiger charge is 2.38. The zero-order chi connectivity index (χ0) is 17.6.